The van der Waals surface area contributed by atoms with Crippen molar-refractivity contribution in [2.75, 3.05) is 10.6 Å². The molecule has 0 aliphatic carbocycles. The van der Waals surface area contributed by atoms with Gasteiger partial charge in [0.2, 0.25) is 0 Å². The highest BCUT2D eigenvalue weighted by Crippen LogP contribution is 2.21. The number of hydrogen-bond donors (Lipinski definition) is 2. The molecule has 3 rings (SSSR count). The molecule has 1 aromatic carbocycles. The Bertz CT molecular complexity index is 896. The average molecular weight is 347 g/mol. The summed E-state index contributed by atoms with van der Waals surface area (Å²) >= 11 is 0. The fourth-order valence-electron chi connectivity index (χ4n) is 2.65. The average Bonchev–Trinajstić information content (AvgIpc) is 2.69. The Hall–Kier alpha value is -3.28. The van der Waals surface area contributed by atoms with E-state index in [0.717, 1.165) is 28.8 Å². The zero-order valence-corrected chi connectivity index (χ0v) is 14.9. The third-order valence-electron chi connectivity index (χ3n) is 4.07. The van der Waals surface area contributed by atoms with Gasteiger partial charge in [0.25, 0.3) is 5.91 Å². The number of aryl methyl sites for hydroxylation is 2. The number of hydrogen-bond acceptors (Lipinski definition) is 5. The Morgan fingerprint density at radius 3 is 2.81 bits per heavy atom. The van der Waals surface area contributed by atoms with Crippen molar-refractivity contribution in [3.05, 3.63) is 77.5 Å². The van der Waals surface area contributed by atoms with Crippen LogP contribution in [0.1, 0.15) is 34.1 Å². The Morgan fingerprint density at radius 1 is 1.15 bits per heavy atom. The van der Waals surface area contributed by atoms with Gasteiger partial charge >= 0.3 is 0 Å². The fraction of sp³-hybridized carbons (Fsp3) is 0.200. The summed E-state index contributed by atoms with van der Waals surface area (Å²) in [6, 6.07) is 11.5. The van der Waals surface area contributed by atoms with Crippen LogP contribution in [-0.2, 0) is 13.0 Å². The fourth-order valence-corrected chi connectivity index (χ4v) is 2.65. The molecule has 132 valence electrons. The van der Waals surface area contributed by atoms with E-state index in [9.17, 15) is 4.79 Å². The minimum absolute atomic E-state index is 0.249. The predicted octanol–water partition coefficient (Wildman–Crippen LogP) is 3.61. The van der Waals surface area contributed by atoms with Gasteiger partial charge in [0, 0.05) is 30.7 Å². The monoisotopic (exact) mass is 347 g/mol. The Labute approximate surface area is 152 Å². The van der Waals surface area contributed by atoms with Crippen LogP contribution in [0, 0.1) is 6.92 Å². The van der Waals surface area contributed by atoms with E-state index < -0.39 is 0 Å². The highest BCUT2D eigenvalue weighted by atomic mass is 16.1. The first-order valence-electron chi connectivity index (χ1n) is 8.52. The van der Waals surface area contributed by atoms with E-state index in [4.69, 9.17) is 0 Å². The van der Waals surface area contributed by atoms with E-state index in [1.807, 2.05) is 37.3 Å². The molecule has 6 nitrogen and oxygen atoms in total. The second-order valence-corrected chi connectivity index (χ2v) is 5.92. The van der Waals surface area contributed by atoms with Crippen LogP contribution in [0.2, 0.25) is 0 Å². The number of aromatic nitrogens is 3. The number of benzene rings is 1. The van der Waals surface area contributed by atoms with Crippen LogP contribution in [-0.4, -0.2) is 20.9 Å². The molecule has 0 unspecified atom stereocenters. The Morgan fingerprint density at radius 2 is 2.04 bits per heavy atom. The van der Waals surface area contributed by atoms with E-state index in [1.54, 1.807) is 18.5 Å². The molecule has 3 aromatic rings. The number of para-hydroxylation sites is 1. The molecule has 0 saturated heterocycles. The van der Waals surface area contributed by atoms with Crippen molar-refractivity contribution in [2.24, 2.45) is 0 Å². The molecule has 0 aliphatic rings. The van der Waals surface area contributed by atoms with Crippen molar-refractivity contribution in [1.82, 2.24) is 15.0 Å². The van der Waals surface area contributed by atoms with Crippen molar-refractivity contribution in [3.8, 4) is 0 Å². The van der Waals surface area contributed by atoms with Crippen molar-refractivity contribution in [3.63, 3.8) is 0 Å². The molecule has 26 heavy (non-hydrogen) atoms. The molecule has 2 N–H and O–H groups in total. The van der Waals surface area contributed by atoms with Crippen LogP contribution in [0.15, 0.2) is 55.1 Å². The molecule has 2 heterocycles. The van der Waals surface area contributed by atoms with Gasteiger partial charge in [-0.2, -0.15) is 0 Å². The molecule has 0 fully saturated rings. The van der Waals surface area contributed by atoms with E-state index in [-0.39, 0.29) is 5.91 Å². The lowest BCUT2D eigenvalue weighted by Gasteiger charge is -2.13. The number of nitrogens with one attached hydrogen (secondary N) is 2. The first-order valence-corrected chi connectivity index (χ1v) is 8.52. The summed E-state index contributed by atoms with van der Waals surface area (Å²) in [5.74, 6) is 0.343. The number of carbonyl (C=O) groups is 1. The number of rotatable bonds is 6. The van der Waals surface area contributed by atoms with Gasteiger partial charge in [0.05, 0.1) is 0 Å². The van der Waals surface area contributed by atoms with Gasteiger partial charge in [-0.1, -0.05) is 31.2 Å². The van der Waals surface area contributed by atoms with Gasteiger partial charge in [0.15, 0.2) is 0 Å². The summed E-state index contributed by atoms with van der Waals surface area (Å²) in [5, 5.41) is 6.16. The molecule has 1 amide bonds. The third-order valence-corrected chi connectivity index (χ3v) is 4.07. The molecular weight excluding hydrogens is 326 g/mol. The smallest absolute Gasteiger partial charge is 0.274 e. The summed E-state index contributed by atoms with van der Waals surface area (Å²) in [7, 11) is 0. The topological polar surface area (TPSA) is 79.8 Å². The maximum Gasteiger partial charge on any atom is 0.274 e. The Balaban J connectivity index is 1.72. The summed E-state index contributed by atoms with van der Waals surface area (Å²) in [6.45, 7) is 4.62. The third kappa shape index (κ3) is 4.22. The summed E-state index contributed by atoms with van der Waals surface area (Å²) < 4.78 is 0. The molecule has 0 atom stereocenters. The highest BCUT2D eigenvalue weighted by Gasteiger charge is 2.12. The number of nitrogens with zero attached hydrogens (tertiary/aromatic N) is 3. The van der Waals surface area contributed by atoms with Crippen molar-refractivity contribution >= 4 is 17.4 Å². The molecule has 6 heteroatoms. The molecule has 2 aromatic heterocycles. The summed E-state index contributed by atoms with van der Waals surface area (Å²) in [6.07, 6.45) is 5.75. The zero-order chi connectivity index (χ0) is 18.4. The normalized spacial score (nSPS) is 10.4. The minimum atomic E-state index is -0.249. The Kier molecular flexibility index (Phi) is 5.53. The van der Waals surface area contributed by atoms with Crippen molar-refractivity contribution in [1.29, 1.82) is 0 Å². The summed E-state index contributed by atoms with van der Waals surface area (Å²) in [4.78, 5) is 25.0. The van der Waals surface area contributed by atoms with Crippen LogP contribution < -0.4 is 10.6 Å². The molecule has 0 saturated carbocycles. The van der Waals surface area contributed by atoms with E-state index in [1.165, 1.54) is 6.33 Å². The first-order chi connectivity index (χ1) is 12.7. The lowest BCUT2D eigenvalue weighted by Crippen LogP contribution is -2.16. The summed E-state index contributed by atoms with van der Waals surface area (Å²) in [5.41, 5.74) is 4.33. The standard InChI is InChI=1S/C20H21N5O/c1-3-16-8-4-6-14(2)19(16)25-20(26)17-10-18(24-13-23-17)22-12-15-7-5-9-21-11-15/h4-11,13H,3,12H2,1-2H3,(H,25,26)(H,22,23,24). The minimum Gasteiger partial charge on any atom is -0.366 e. The van der Waals surface area contributed by atoms with E-state index in [0.29, 0.717) is 18.1 Å². The highest BCUT2D eigenvalue weighted by molar-refractivity contribution is 6.04. The number of carbonyl (C=O) groups excluding carboxylic acids is 1. The number of amides is 1. The van der Waals surface area contributed by atoms with Gasteiger partial charge in [-0.25, -0.2) is 9.97 Å². The molecule has 0 aliphatic heterocycles. The first kappa shape index (κ1) is 17.5. The largest absolute Gasteiger partial charge is 0.366 e. The number of anilines is 2. The SMILES string of the molecule is CCc1cccc(C)c1NC(=O)c1cc(NCc2cccnc2)ncn1. The van der Waals surface area contributed by atoms with Crippen LogP contribution in [0.25, 0.3) is 0 Å². The lowest BCUT2D eigenvalue weighted by molar-refractivity contribution is 0.102. The molecular formula is C20H21N5O. The second kappa shape index (κ2) is 8.20. The van der Waals surface area contributed by atoms with Gasteiger partial charge in [-0.05, 0) is 36.1 Å². The quantitative estimate of drug-likeness (QED) is 0.712. The lowest BCUT2D eigenvalue weighted by atomic mass is 10.1. The maximum absolute atomic E-state index is 12.6. The van der Waals surface area contributed by atoms with Crippen LogP contribution >= 0.6 is 0 Å². The van der Waals surface area contributed by atoms with Gasteiger partial charge in [-0.15, -0.1) is 0 Å². The van der Waals surface area contributed by atoms with Crippen LogP contribution in [0.3, 0.4) is 0 Å². The zero-order valence-electron chi connectivity index (χ0n) is 14.9. The number of pyridine rings is 1. The second-order valence-electron chi connectivity index (χ2n) is 5.92. The van der Waals surface area contributed by atoms with Gasteiger partial charge in [-0.3, -0.25) is 9.78 Å². The van der Waals surface area contributed by atoms with Gasteiger partial charge < -0.3 is 10.6 Å². The van der Waals surface area contributed by atoms with Gasteiger partial charge in [0.1, 0.15) is 17.8 Å². The van der Waals surface area contributed by atoms with Crippen LogP contribution in [0.4, 0.5) is 11.5 Å². The maximum atomic E-state index is 12.6. The molecule has 0 radical (unpaired) electrons. The predicted molar refractivity (Wildman–Crippen MR) is 102 cm³/mol. The molecule has 0 spiro atoms. The van der Waals surface area contributed by atoms with Crippen molar-refractivity contribution < 1.29 is 4.79 Å². The van der Waals surface area contributed by atoms with E-state index in [2.05, 4.69) is 32.5 Å². The van der Waals surface area contributed by atoms with Crippen LogP contribution in [0.5, 0.6) is 0 Å². The molecule has 0 bridgehead atoms. The van der Waals surface area contributed by atoms with Crippen molar-refractivity contribution in [2.45, 2.75) is 26.8 Å². The van der Waals surface area contributed by atoms with E-state index >= 15 is 0 Å².